The first kappa shape index (κ1) is 25.3. The van der Waals surface area contributed by atoms with Crippen molar-refractivity contribution in [3.63, 3.8) is 0 Å². The van der Waals surface area contributed by atoms with Crippen molar-refractivity contribution in [2.45, 2.75) is 39.0 Å². The van der Waals surface area contributed by atoms with Gasteiger partial charge in [-0.2, -0.15) is 0 Å². The van der Waals surface area contributed by atoms with E-state index in [1.165, 1.54) is 25.3 Å². The number of nitrogens with zero attached hydrogens (tertiary/aromatic N) is 1. The smallest absolute Gasteiger partial charge is 0.408 e. The molecule has 10 nitrogen and oxygen atoms in total. The van der Waals surface area contributed by atoms with E-state index < -0.39 is 42.3 Å². The molecule has 2 aromatic rings. The summed E-state index contributed by atoms with van der Waals surface area (Å²) >= 11 is 0. The number of pyridine rings is 1. The van der Waals surface area contributed by atoms with Gasteiger partial charge in [-0.05, 0) is 38.5 Å². The summed E-state index contributed by atoms with van der Waals surface area (Å²) in [5.74, 6) is -2.46. The number of nitrogens with one attached hydrogen (secondary N) is 1. The van der Waals surface area contributed by atoms with Crippen molar-refractivity contribution in [2.75, 3.05) is 13.7 Å². The summed E-state index contributed by atoms with van der Waals surface area (Å²) in [6.45, 7) is 4.40. The van der Waals surface area contributed by atoms with E-state index in [1.807, 2.05) is 6.07 Å². The summed E-state index contributed by atoms with van der Waals surface area (Å²) in [6.07, 6.45) is -0.883. The van der Waals surface area contributed by atoms with Gasteiger partial charge in [0.15, 0.2) is 6.04 Å². The minimum atomic E-state index is -1.34. The third kappa shape index (κ3) is 8.60. The molecule has 1 amide bonds. The maximum Gasteiger partial charge on any atom is 0.408 e. The number of rotatable bonds is 8. The van der Waals surface area contributed by atoms with Crippen molar-refractivity contribution in [1.82, 2.24) is 10.3 Å². The fourth-order valence-corrected chi connectivity index (χ4v) is 2.45. The van der Waals surface area contributed by atoms with E-state index in [9.17, 15) is 19.2 Å². The lowest BCUT2D eigenvalue weighted by Gasteiger charge is -2.22. The first-order valence-corrected chi connectivity index (χ1v) is 10.0. The standard InChI is InChI=1S/C23H26N2O8/c1-23(2,3)33-22(29)25-18(21(28)31-13-15-9-6-5-7-10-15)14-32-20(27)17-12-8-11-16(24-17)19(26)30-4/h5-12,18H,13-14H2,1-4H3,(H,25,29)/t18-/m0/s1. The third-order valence-corrected chi connectivity index (χ3v) is 3.93. The Kier molecular flexibility index (Phi) is 8.90. The molecule has 0 saturated carbocycles. The second-order valence-electron chi connectivity index (χ2n) is 7.79. The zero-order valence-electron chi connectivity index (χ0n) is 18.8. The average molecular weight is 458 g/mol. The van der Waals surface area contributed by atoms with E-state index >= 15 is 0 Å². The fraction of sp³-hybridized carbons (Fsp3) is 0.348. The fourth-order valence-electron chi connectivity index (χ4n) is 2.45. The predicted molar refractivity (Wildman–Crippen MR) is 115 cm³/mol. The van der Waals surface area contributed by atoms with E-state index in [2.05, 4.69) is 15.0 Å². The van der Waals surface area contributed by atoms with Crippen LogP contribution in [0.25, 0.3) is 0 Å². The van der Waals surface area contributed by atoms with Crippen LogP contribution in [0, 0.1) is 0 Å². The number of carbonyl (C=O) groups excluding carboxylic acids is 4. The Labute approximate surface area is 191 Å². The SMILES string of the molecule is COC(=O)c1cccc(C(=O)OC[C@H](NC(=O)OC(C)(C)C)C(=O)OCc2ccccc2)n1. The second kappa shape index (κ2) is 11.6. The van der Waals surface area contributed by atoms with Crippen LogP contribution in [0.4, 0.5) is 4.79 Å². The topological polar surface area (TPSA) is 130 Å². The molecule has 1 atom stereocenters. The normalized spacial score (nSPS) is 11.6. The van der Waals surface area contributed by atoms with Crippen LogP contribution in [-0.4, -0.2) is 54.3 Å². The summed E-state index contributed by atoms with van der Waals surface area (Å²) in [5, 5.41) is 2.35. The Bertz CT molecular complexity index is 985. The van der Waals surface area contributed by atoms with E-state index in [1.54, 1.807) is 45.0 Å². The van der Waals surface area contributed by atoms with Gasteiger partial charge < -0.3 is 24.3 Å². The number of hydrogen-bond acceptors (Lipinski definition) is 9. The molecule has 0 bridgehead atoms. The number of alkyl carbamates (subject to hydrolysis) is 1. The van der Waals surface area contributed by atoms with E-state index in [0.717, 1.165) is 5.56 Å². The first-order chi connectivity index (χ1) is 15.6. The Morgan fingerprint density at radius 3 is 2.15 bits per heavy atom. The first-order valence-electron chi connectivity index (χ1n) is 10.0. The number of ether oxygens (including phenoxy) is 4. The third-order valence-electron chi connectivity index (χ3n) is 3.93. The predicted octanol–water partition coefficient (Wildman–Crippen LogP) is 2.66. The molecule has 0 aliphatic rings. The van der Waals surface area contributed by atoms with Crippen LogP contribution in [0.3, 0.4) is 0 Å². The zero-order chi connectivity index (χ0) is 24.4. The number of amides is 1. The van der Waals surface area contributed by atoms with Gasteiger partial charge in [0, 0.05) is 0 Å². The summed E-state index contributed by atoms with van der Waals surface area (Å²) < 4.78 is 20.1. The highest BCUT2D eigenvalue weighted by molar-refractivity contribution is 5.91. The van der Waals surface area contributed by atoms with Crippen LogP contribution < -0.4 is 5.32 Å². The molecular weight excluding hydrogens is 432 g/mol. The summed E-state index contributed by atoms with van der Waals surface area (Å²) in [4.78, 5) is 52.6. The number of benzene rings is 1. The molecule has 33 heavy (non-hydrogen) atoms. The van der Waals surface area contributed by atoms with Crippen LogP contribution in [0.1, 0.15) is 47.3 Å². The average Bonchev–Trinajstić information content (AvgIpc) is 2.79. The van der Waals surface area contributed by atoms with E-state index in [4.69, 9.17) is 14.2 Å². The van der Waals surface area contributed by atoms with Crippen molar-refractivity contribution in [3.8, 4) is 0 Å². The lowest BCUT2D eigenvalue weighted by atomic mass is 10.2. The van der Waals surface area contributed by atoms with Gasteiger partial charge in [0.25, 0.3) is 0 Å². The van der Waals surface area contributed by atoms with Crippen molar-refractivity contribution >= 4 is 24.0 Å². The van der Waals surface area contributed by atoms with Crippen LogP contribution in [-0.2, 0) is 30.3 Å². The van der Waals surface area contributed by atoms with Gasteiger partial charge in [0.2, 0.25) is 0 Å². The van der Waals surface area contributed by atoms with Crippen LogP contribution in [0.2, 0.25) is 0 Å². The monoisotopic (exact) mass is 458 g/mol. The minimum Gasteiger partial charge on any atom is -0.464 e. The number of esters is 3. The van der Waals surface area contributed by atoms with Crippen molar-refractivity contribution in [2.24, 2.45) is 0 Å². The van der Waals surface area contributed by atoms with Gasteiger partial charge >= 0.3 is 24.0 Å². The van der Waals surface area contributed by atoms with Gasteiger partial charge in [-0.1, -0.05) is 36.4 Å². The highest BCUT2D eigenvalue weighted by atomic mass is 16.6. The van der Waals surface area contributed by atoms with Crippen LogP contribution >= 0.6 is 0 Å². The molecule has 1 N–H and O–H groups in total. The molecule has 0 radical (unpaired) electrons. The van der Waals surface area contributed by atoms with Crippen LogP contribution in [0.15, 0.2) is 48.5 Å². The molecule has 1 aromatic carbocycles. The summed E-state index contributed by atoms with van der Waals surface area (Å²) in [6, 6.07) is 11.7. The molecule has 2 rings (SSSR count). The van der Waals surface area contributed by atoms with Gasteiger partial charge in [-0.15, -0.1) is 0 Å². The number of aromatic nitrogens is 1. The van der Waals surface area contributed by atoms with Crippen molar-refractivity contribution in [3.05, 3.63) is 65.5 Å². The zero-order valence-corrected chi connectivity index (χ0v) is 18.8. The highest BCUT2D eigenvalue weighted by Crippen LogP contribution is 2.09. The molecule has 0 fully saturated rings. The number of carbonyl (C=O) groups is 4. The molecular formula is C23H26N2O8. The number of hydrogen-bond donors (Lipinski definition) is 1. The Balaban J connectivity index is 2.07. The quantitative estimate of drug-likeness (QED) is 0.468. The van der Waals surface area contributed by atoms with Gasteiger partial charge in [-0.25, -0.2) is 24.2 Å². The molecule has 0 spiro atoms. The molecule has 0 aliphatic heterocycles. The van der Waals surface area contributed by atoms with Gasteiger partial charge in [0.05, 0.1) is 7.11 Å². The lowest BCUT2D eigenvalue weighted by molar-refractivity contribution is -0.148. The van der Waals surface area contributed by atoms with Gasteiger partial charge in [-0.3, -0.25) is 0 Å². The molecule has 10 heteroatoms. The molecule has 176 valence electrons. The molecule has 0 aliphatic carbocycles. The van der Waals surface area contributed by atoms with E-state index in [0.29, 0.717) is 0 Å². The van der Waals surface area contributed by atoms with Crippen molar-refractivity contribution < 1.29 is 38.1 Å². The molecule has 0 saturated heterocycles. The number of methoxy groups -OCH3 is 1. The van der Waals surface area contributed by atoms with Gasteiger partial charge in [0.1, 0.15) is 30.2 Å². The largest absolute Gasteiger partial charge is 0.464 e. The second-order valence-corrected chi connectivity index (χ2v) is 7.79. The maximum atomic E-state index is 12.6. The Morgan fingerprint density at radius 2 is 1.55 bits per heavy atom. The van der Waals surface area contributed by atoms with Crippen LogP contribution in [0.5, 0.6) is 0 Å². The van der Waals surface area contributed by atoms with Crippen molar-refractivity contribution in [1.29, 1.82) is 0 Å². The molecule has 0 unspecified atom stereocenters. The Morgan fingerprint density at radius 1 is 0.909 bits per heavy atom. The molecule has 1 aromatic heterocycles. The van der Waals surface area contributed by atoms with E-state index in [-0.39, 0.29) is 18.0 Å². The summed E-state index contributed by atoms with van der Waals surface area (Å²) in [5.41, 5.74) is -0.329. The Hall–Kier alpha value is -3.95. The maximum absolute atomic E-state index is 12.6. The summed E-state index contributed by atoms with van der Waals surface area (Å²) in [7, 11) is 1.18. The molecule has 1 heterocycles. The highest BCUT2D eigenvalue weighted by Gasteiger charge is 2.27. The minimum absolute atomic E-state index is 0.0388. The lowest BCUT2D eigenvalue weighted by Crippen LogP contribution is -2.47.